The average Bonchev–Trinajstić information content (AvgIpc) is 2.70. The topological polar surface area (TPSA) is 12.9 Å². The van der Waals surface area contributed by atoms with Crippen molar-refractivity contribution < 1.29 is 0 Å². The zero-order chi connectivity index (χ0) is 19.8. The van der Waals surface area contributed by atoms with Gasteiger partial charge in [-0.05, 0) is 68.5 Å². The van der Waals surface area contributed by atoms with Crippen LogP contribution in [0.1, 0.15) is 57.0 Å². The summed E-state index contributed by atoms with van der Waals surface area (Å²) in [4.78, 5) is 4.10. The van der Waals surface area contributed by atoms with Crippen LogP contribution in [0.25, 0.3) is 6.08 Å². The van der Waals surface area contributed by atoms with Crippen molar-refractivity contribution in [3.8, 4) is 0 Å². The number of aromatic nitrogens is 1. The van der Waals surface area contributed by atoms with Crippen molar-refractivity contribution in [2.45, 2.75) is 54.9 Å². The van der Waals surface area contributed by atoms with Crippen LogP contribution < -0.4 is 0 Å². The fraction of sp³-hybridized carbons (Fsp3) is 0.320. The molecule has 26 heavy (non-hydrogen) atoms. The maximum Gasteiger partial charge on any atom is 0.0400 e. The standard InChI is InChI=1S/C16H20.C7H9N.C2H6/c1-5-8-15(6-2)11-12-16-10-7-9-13(3)14(16)4;1-2-7-5-3-4-6-8-7;1-2/h5-12H,1-4H3;3-6H,2H2,1H3;1-2H3/b8-5-,12-11-,15-6+;;. The molecule has 140 valence electrons. The van der Waals surface area contributed by atoms with Crippen LogP contribution in [0.5, 0.6) is 0 Å². The quantitative estimate of drug-likeness (QED) is 0.520. The van der Waals surface area contributed by atoms with E-state index in [4.69, 9.17) is 0 Å². The van der Waals surface area contributed by atoms with Gasteiger partial charge in [0.2, 0.25) is 0 Å². The van der Waals surface area contributed by atoms with Crippen LogP contribution in [-0.2, 0) is 6.42 Å². The largest absolute Gasteiger partial charge is 0.261 e. The van der Waals surface area contributed by atoms with E-state index in [0.717, 1.165) is 12.1 Å². The zero-order valence-corrected chi connectivity index (χ0v) is 17.6. The first-order valence-corrected chi connectivity index (χ1v) is 9.55. The highest BCUT2D eigenvalue weighted by Crippen LogP contribution is 2.15. The summed E-state index contributed by atoms with van der Waals surface area (Å²) < 4.78 is 0. The molecule has 1 nitrogen and oxygen atoms in total. The third kappa shape index (κ3) is 9.17. The molecule has 0 atom stereocenters. The van der Waals surface area contributed by atoms with Gasteiger partial charge in [-0.3, -0.25) is 4.98 Å². The van der Waals surface area contributed by atoms with Gasteiger partial charge in [-0.1, -0.05) is 75.4 Å². The average molecular weight is 350 g/mol. The van der Waals surface area contributed by atoms with Gasteiger partial charge < -0.3 is 0 Å². The van der Waals surface area contributed by atoms with Gasteiger partial charge in [-0.15, -0.1) is 0 Å². The maximum atomic E-state index is 4.10. The lowest BCUT2D eigenvalue weighted by molar-refractivity contribution is 1.04. The smallest absolute Gasteiger partial charge is 0.0400 e. The molecule has 2 rings (SSSR count). The van der Waals surface area contributed by atoms with Gasteiger partial charge in [0.25, 0.3) is 0 Å². The van der Waals surface area contributed by atoms with E-state index in [1.54, 1.807) is 0 Å². The van der Waals surface area contributed by atoms with Crippen LogP contribution >= 0.6 is 0 Å². The highest BCUT2D eigenvalue weighted by Gasteiger charge is 1.96. The number of hydrogen-bond donors (Lipinski definition) is 0. The number of benzene rings is 1. The summed E-state index contributed by atoms with van der Waals surface area (Å²) in [7, 11) is 0. The summed E-state index contributed by atoms with van der Waals surface area (Å²) in [5.74, 6) is 0. The fourth-order valence-electron chi connectivity index (χ4n) is 2.19. The zero-order valence-electron chi connectivity index (χ0n) is 17.6. The van der Waals surface area contributed by atoms with Crippen LogP contribution in [0.15, 0.2) is 72.5 Å². The van der Waals surface area contributed by atoms with Crippen molar-refractivity contribution in [3.63, 3.8) is 0 Å². The van der Waals surface area contributed by atoms with Crippen LogP contribution in [0.3, 0.4) is 0 Å². The third-order valence-corrected chi connectivity index (χ3v) is 3.88. The highest BCUT2D eigenvalue weighted by molar-refractivity contribution is 5.59. The second-order valence-electron chi connectivity index (χ2n) is 5.59. The summed E-state index contributed by atoms with van der Waals surface area (Å²) in [6.07, 6.45) is 13.5. The second kappa shape index (κ2) is 14.9. The van der Waals surface area contributed by atoms with Crippen molar-refractivity contribution in [2.75, 3.05) is 0 Å². The molecule has 0 aliphatic heterocycles. The Hall–Kier alpha value is -2.41. The summed E-state index contributed by atoms with van der Waals surface area (Å²) in [5, 5.41) is 0. The van der Waals surface area contributed by atoms with Gasteiger partial charge in [-0.2, -0.15) is 0 Å². The first-order valence-electron chi connectivity index (χ1n) is 9.55. The molecule has 0 bridgehead atoms. The fourth-order valence-corrected chi connectivity index (χ4v) is 2.19. The maximum absolute atomic E-state index is 4.10. The first-order chi connectivity index (χ1) is 12.6. The van der Waals surface area contributed by atoms with Crippen molar-refractivity contribution in [1.29, 1.82) is 0 Å². The summed E-state index contributed by atoms with van der Waals surface area (Å²) in [6.45, 7) is 14.5. The minimum atomic E-state index is 1.03. The van der Waals surface area contributed by atoms with Gasteiger partial charge in [0.15, 0.2) is 0 Å². The molecule has 0 aliphatic carbocycles. The predicted molar refractivity (Wildman–Crippen MR) is 118 cm³/mol. The van der Waals surface area contributed by atoms with Gasteiger partial charge in [-0.25, -0.2) is 0 Å². The normalized spacial score (nSPS) is 11.0. The molecule has 1 heterocycles. The van der Waals surface area contributed by atoms with Crippen LogP contribution in [0.4, 0.5) is 0 Å². The lowest BCUT2D eigenvalue weighted by Crippen LogP contribution is -1.84. The Balaban J connectivity index is 0.000000522. The Morgan fingerprint density at radius 3 is 2.19 bits per heavy atom. The van der Waals surface area contributed by atoms with Crippen molar-refractivity contribution >= 4 is 6.08 Å². The molecule has 0 saturated heterocycles. The lowest BCUT2D eigenvalue weighted by atomic mass is 10.0. The summed E-state index contributed by atoms with van der Waals surface area (Å²) in [6, 6.07) is 12.4. The second-order valence-corrected chi connectivity index (χ2v) is 5.59. The van der Waals surface area contributed by atoms with Crippen LogP contribution in [0.2, 0.25) is 0 Å². The summed E-state index contributed by atoms with van der Waals surface area (Å²) >= 11 is 0. The highest BCUT2D eigenvalue weighted by atomic mass is 14.6. The Labute approximate surface area is 161 Å². The number of nitrogens with zero attached hydrogens (tertiary/aromatic N) is 1. The molecule has 1 aromatic heterocycles. The van der Waals surface area contributed by atoms with E-state index in [-0.39, 0.29) is 0 Å². The van der Waals surface area contributed by atoms with Crippen molar-refractivity contribution in [1.82, 2.24) is 4.98 Å². The molecule has 0 amide bonds. The minimum Gasteiger partial charge on any atom is -0.261 e. The molecule has 0 fully saturated rings. The Kier molecular flexibility index (Phi) is 13.5. The minimum absolute atomic E-state index is 1.03. The number of allylic oxidation sites excluding steroid dienone is 5. The SMILES string of the molecule is CC.CCc1ccccn1.C\C=C/C(/C=C\c1cccc(C)c1C)=C\C. The number of rotatable bonds is 4. The molecule has 0 unspecified atom stereocenters. The van der Waals surface area contributed by atoms with Gasteiger partial charge >= 0.3 is 0 Å². The predicted octanol–water partition coefficient (Wildman–Crippen LogP) is 7.51. The Morgan fingerprint density at radius 2 is 1.69 bits per heavy atom. The molecule has 1 heteroatoms. The molecule has 1 aromatic carbocycles. The number of aryl methyl sites for hydroxylation is 2. The third-order valence-electron chi connectivity index (χ3n) is 3.88. The van der Waals surface area contributed by atoms with Gasteiger partial charge in [0.1, 0.15) is 0 Å². The molecule has 2 aromatic rings. The molecule has 0 aliphatic rings. The van der Waals surface area contributed by atoms with E-state index in [9.17, 15) is 0 Å². The molecule has 0 radical (unpaired) electrons. The molecule has 0 N–H and O–H groups in total. The Morgan fingerprint density at radius 1 is 0.962 bits per heavy atom. The van der Waals surface area contributed by atoms with Crippen molar-refractivity contribution in [2.24, 2.45) is 0 Å². The van der Waals surface area contributed by atoms with Gasteiger partial charge in [0.05, 0.1) is 0 Å². The van der Waals surface area contributed by atoms with Crippen molar-refractivity contribution in [3.05, 3.63) is 94.9 Å². The first kappa shape index (κ1) is 23.6. The Bertz CT molecular complexity index is 691. The van der Waals surface area contributed by atoms with E-state index < -0.39 is 0 Å². The number of pyridine rings is 1. The molecular weight excluding hydrogens is 314 g/mol. The van der Waals surface area contributed by atoms with E-state index in [1.165, 1.54) is 22.3 Å². The lowest BCUT2D eigenvalue weighted by Gasteiger charge is -2.03. The van der Waals surface area contributed by atoms with E-state index in [0.29, 0.717) is 0 Å². The van der Waals surface area contributed by atoms with Crippen LogP contribution in [0, 0.1) is 13.8 Å². The van der Waals surface area contributed by atoms with E-state index in [1.807, 2.05) is 45.2 Å². The monoisotopic (exact) mass is 349 g/mol. The molecule has 0 spiro atoms. The van der Waals surface area contributed by atoms with E-state index in [2.05, 4.69) is 81.3 Å². The number of hydrogen-bond acceptors (Lipinski definition) is 1. The van der Waals surface area contributed by atoms with E-state index >= 15 is 0 Å². The molecule has 0 saturated carbocycles. The van der Waals surface area contributed by atoms with Crippen LogP contribution in [-0.4, -0.2) is 4.98 Å². The summed E-state index contributed by atoms with van der Waals surface area (Å²) in [5.41, 5.74) is 6.39. The molecular formula is C25H35N. The van der Waals surface area contributed by atoms with Gasteiger partial charge in [0, 0.05) is 11.9 Å².